The predicted octanol–water partition coefficient (Wildman–Crippen LogP) is 1.94. The number of anilines is 2. The molecule has 0 aliphatic carbocycles. The van der Waals surface area contributed by atoms with Gasteiger partial charge >= 0.3 is 0 Å². The summed E-state index contributed by atoms with van der Waals surface area (Å²) in [6.07, 6.45) is 0. The number of benzene rings is 1. The highest BCUT2D eigenvalue weighted by Gasteiger charge is 2.02. The van der Waals surface area contributed by atoms with E-state index in [9.17, 15) is 0 Å². The third-order valence-electron chi connectivity index (χ3n) is 1.99. The lowest BCUT2D eigenvalue weighted by molar-refractivity contribution is 0.211. The highest BCUT2D eigenvalue weighted by atomic mass is 32.1. The molecule has 1 aromatic heterocycles. The quantitative estimate of drug-likeness (QED) is 0.614. The van der Waals surface area contributed by atoms with Crippen LogP contribution in [-0.4, -0.2) is 25.2 Å². The number of nitrogens with two attached hydrogens (primary N) is 1. The van der Waals surface area contributed by atoms with Crippen molar-refractivity contribution in [2.24, 2.45) is 0 Å². The molecule has 0 bridgehead atoms. The number of nitrogen functional groups attached to an aromatic ring is 1. The lowest BCUT2D eigenvalue weighted by atomic mass is 10.3. The summed E-state index contributed by atoms with van der Waals surface area (Å²) in [6, 6.07) is 5.73. The van der Waals surface area contributed by atoms with Gasteiger partial charge < -0.3 is 15.8 Å². The first-order chi connectivity index (χ1) is 7.29. The highest BCUT2D eigenvalue weighted by Crippen LogP contribution is 2.27. The summed E-state index contributed by atoms with van der Waals surface area (Å²) in [5.74, 6) is 0. The summed E-state index contributed by atoms with van der Waals surface area (Å²) in [7, 11) is 1.68. The summed E-state index contributed by atoms with van der Waals surface area (Å²) in [5.41, 5.74) is 7.45. The van der Waals surface area contributed by atoms with Gasteiger partial charge in [0.15, 0.2) is 5.13 Å². The van der Waals surface area contributed by atoms with E-state index < -0.39 is 0 Å². The van der Waals surface area contributed by atoms with E-state index in [-0.39, 0.29) is 0 Å². The van der Waals surface area contributed by atoms with Gasteiger partial charge in [0.1, 0.15) is 0 Å². The molecule has 3 N–H and O–H groups in total. The van der Waals surface area contributed by atoms with Crippen LogP contribution in [0.1, 0.15) is 0 Å². The van der Waals surface area contributed by atoms with Crippen LogP contribution in [0, 0.1) is 0 Å². The summed E-state index contributed by atoms with van der Waals surface area (Å²) in [6.45, 7) is 1.45. The summed E-state index contributed by atoms with van der Waals surface area (Å²) >= 11 is 1.60. The van der Waals surface area contributed by atoms with Gasteiger partial charge in [0.25, 0.3) is 0 Å². The topological polar surface area (TPSA) is 60.2 Å². The molecule has 2 rings (SSSR count). The minimum absolute atomic E-state index is 0.679. The fourth-order valence-corrected chi connectivity index (χ4v) is 2.22. The molecule has 0 fully saturated rings. The second-order valence-electron chi connectivity index (χ2n) is 3.17. The average Bonchev–Trinajstić information content (AvgIpc) is 2.60. The molecule has 15 heavy (non-hydrogen) atoms. The van der Waals surface area contributed by atoms with E-state index in [0.717, 1.165) is 27.6 Å². The molecule has 0 amide bonds. The number of thiazole rings is 1. The van der Waals surface area contributed by atoms with Crippen molar-refractivity contribution in [2.75, 3.05) is 31.3 Å². The zero-order valence-electron chi connectivity index (χ0n) is 8.49. The van der Waals surface area contributed by atoms with Gasteiger partial charge in [-0.2, -0.15) is 0 Å². The molecule has 1 aromatic carbocycles. The lowest BCUT2D eigenvalue weighted by Crippen LogP contribution is -2.06. The molecular formula is C10H13N3OS. The maximum Gasteiger partial charge on any atom is 0.183 e. The Kier molecular flexibility index (Phi) is 3.03. The van der Waals surface area contributed by atoms with Crippen LogP contribution >= 0.6 is 11.3 Å². The third kappa shape index (κ3) is 2.37. The lowest BCUT2D eigenvalue weighted by Gasteiger charge is -1.99. The summed E-state index contributed by atoms with van der Waals surface area (Å²) < 4.78 is 6.06. The second kappa shape index (κ2) is 4.46. The van der Waals surface area contributed by atoms with E-state index in [2.05, 4.69) is 10.3 Å². The van der Waals surface area contributed by atoms with Gasteiger partial charge in [0.2, 0.25) is 0 Å². The van der Waals surface area contributed by atoms with E-state index >= 15 is 0 Å². The molecule has 2 aromatic rings. The number of nitrogens with zero attached hydrogens (tertiary/aromatic N) is 1. The Balaban J connectivity index is 2.16. The minimum atomic E-state index is 0.679. The summed E-state index contributed by atoms with van der Waals surface area (Å²) in [5, 5.41) is 4.11. The smallest absolute Gasteiger partial charge is 0.183 e. The fourth-order valence-electron chi connectivity index (χ4n) is 1.28. The Morgan fingerprint density at radius 2 is 2.40 bits per heavy atom. The molecule has 0 saturated heterocycles. The standard InChI is InChI=1S/C10H13N3OS/c1-14-5-4-12-10-13-8-3-2-7(11)6-9(8)15-10/h2-3,6H,4-5,11H2,1H3,(H,12,13). The molecule has 0 aliphatic rings. The largest absolute Gasteiger partial charge is 0.399 e. The van der Waals surface area contributed by atoms with Crippen LogP contribution in [0.2, 0.25) is 0 Å². The molecule has 0 atom stereocenters. The van der Waals surface area contributed by atoms with Crippen molar-refractivity contribution >= 4 is 32.4 Å². The van der Waals surface area contributed by atoms with Gasteiger partial charge in [-0.05, 0) is 18.2 Å². The number of hydrogen-bond donors (Lipinski definition) is 2. The average molecular weight is 223 g/mol. The Bertz CT molecular complexity index is 455. The van der Waals surface area contributed by atoms with Crippen LogP contribution in [0.4, 0.5) is 10.8 Å². The van der Waals surface area contributed by atoms with E-state index in [4.69, 9.17) is 10.5 Å². The van der Waals surface area contributed by atoms with Crippen molar-refractivity contribution in [3.05, 3.63) is 18.2 Å². The molecule has 80 valence electrons. The number of methoxy groups -OCH3 is 1. The number of aromatic nitrogens is 1. The van der Waals surface area contributed by atoms with Gasteiger partial charge in [0, 0.05) is 19.3 Å². The van der Waals surface area contributed by atoms with Crippen molar-refractivity contribution in [3.63, 3.8) is 0 Å². The van der Waals surface area contributed by atoms with Crippen molar-refractivity contribution in [3.8, 4) is 0 Å². The Labute approximate surface area is 92.1 Å². The predicted molar refractivity (Wildman–Crippen MR) is 64.4 cm³/mol. The van der Waals surface area contributed by atoms with Crippen LogP contribution in [0.25, 0.3) is 10.2 Å². The second-order valence-corrected chi connectivity index (χ2v) is 4.20. The maximum absolute atomic E-state index is 5.69. The monoisotopic (exact) mass is 223 g/mol. The Morgan fingerprint density at radius 3 is 3.20 bits per heavy atom. The number of fused-ring (bicyclic) bond motifs is 1. The zero-order valence-corrected chi connectivity index (χ0v) is 9.30. The Morgan fingerprint density at radius 1 is 1.53 bits per heavy atom. The van der Waals surface area contributed by atoms with Gasteiger partial charge in [-0.25, -0.2) is 4.98 Å². The Hall–Kier alpha value is -1.33. The molecule has 0 unspecified atom stereocenters. The van der Waals surface area contributed by atoms with E-state index in [1.165, 1.54) is 0 Å². The molecular weight excluding hydrogens is 210 g/mol. The van der Waals surface area contributed by atoms with Crippen LogP contribution in [-0.2, 0) is 4.74 Å². The first-order valence-electron chi connectivity index (χ1n) is 4.68. The van der Waals surface area contributed by atoms with Crippen LogP contribution in [0.15, 0.2) is 18.2 Å². The molecule has 0 radical (unpaired) electrons. The number of hydrogen-bond acceptors (Lipinski definition) is 5. The van der Waals surface area contributed by atoms with E-state index in [1.54, 1.807) is 18.4 Å². The van der Waals surface area contributed by atoms with Crippen LogP contribution in [0.5, 0.6) is 0 Å². The van der Waals surface area contributed by atoms with Gasteiger partial charge in [-0.15, -0.1) is 0 Å². The fraction of sp³-hybridized carbons (Fsp3) is 0.300. The van der Waals surface area contributed by atoms with Gasteiger partial charge in [-0.1, -0.05) is 11.3 Å². The minimum Gasteiger partial charge on any atom is -0.399 e. The van der Waals surface area contributed by atoms with Crippen molar-refractivity contribution in [1.29, 1.82) is 0 Å². The van der Waals surface area contributed by atoms with E-state index in [1.807, 2.05) is 18.2 Å². The van der Waals surface area contributed by atoms with Gasteiger partial charge in [0.05, 0.1) is 16.8 Å². The highest BCUT2D eigenvalue weighted by molar-refractivity contribution is 7.22. The van der Waals surface area contributed by atoms with Crippen molar-refractivity contribution in [2.45, 2.75) is 0 Å². The zero-order chi connectivity index (χ0) is 10.7. The molecule has 4 nitrogen and oxygen atoms in total. The molecule has 0 saturated carbocycles. The molecule has 0 spiro atoms. The first kappa shape index (κ1) is 10.2. The third-order valence-corrected chi connectivity index (χ3v) is 2.97. The SMILES string of the molecule is COCCNc1nc2ccc(N)cc2s1. The maximum atomic E-state index is 5.69. The van der Waals surface area contributed by atoms with E-state index in [0.29, 0.717) is 6.61 Å². The number of ether oxygens (including phenoxy) is 1. The number of rotatable bonds is 4. The first-order valence-corrected chi connectivity index (χ1v) is 5.50. The normalized spacial score (nSPS) is 10.7. The number of nitrogens with one attached hydrogen (secondary N) is 1. The van der Waals surface area contributed by atoms with Crippen LogP contribution in [0.3, 0.4) is 0 Å². The van der Waals surface area contributed by atoms with Crippen LogP contribution < -0.4 is 11.1 Å². The van der Waals surface area contributed by atoms with Crippen molar-refractivity contribution < 1.29 is 4.74 Å². The summed E-state index contributed by atoms with van der Waals surface area (Å²) in [4.78, 5) is 4.42. The molecule has 0 aliphatic heterocycles. The molecule has 1 heterocycles. The van der Waals surface area contributed by atoms with Gasteiger partial charge in [-0.3, -0.25) is 0 Å². The van der Waals surface area contributed by atoms with Crippen molar-refractivity contribution in [1.82, 2.24) is 4.98 Å². The molecule has 5 heteroatoms.